The summed E-state index contributed by atoms with van der Waals surface area (Å²) in [5, 5.41) is 0. The van der Waals surface area contributed by atoms with E-state index in [0.717, 1.165) is 0 Å². The molecule has 0 N–H and O–H groups in total. The van der Waals surface area contributed by atoms with Gasteiger partial charge in [-0.25, -0.2) is 12.1 Å². The maximum atomic E-state index is 2.41. The molecule has 1 aromatic carbocycles. The molecular weight excluding hydrogens is 516 g/mol. The van der Waals surface area contributed by atoms with Crippen LogP contribution in [0.5, 0.6) is 0 Å². The fourth-order valence-corrected chi connectivity index (χ4v) is 0.321. The molecule has 0 unspecified atom stereocenters. The summed E-state index contributed by atoms with van der Waals surface area (Å²) >= 11 is 4.83. The van der Waals surface area contributed by atoms with Crippen LogP contribution in [0.2, 0.25) is 0 Å². The average Bonchev–Trinajstić information content (AvgIpc) is 2.17. The Kier molecular flexibility index (Phi) is 17.6. The van der Waals surface area contributed by atoms with Crippen molar-refractivity contribution in [3.8, 4) is 0 Å². The van der Waals surface area contributed by atoms with E-state index in [-0.39, 0.29) is 7.43 Å². The number of rotatable bonds is 0. The van der Waals surface area contributed by atoms with Gasteiger partial charge in [0.2, 0.25) is 0 Å². The van der Waals surface area contributed by atoms with Crippen molar-refractivity contribution in [1.29, 1.82) is 0 Å². The first-order chi connectivity index (χ1) is 3.91. The minimum atomic E-state index is 0. The molecule has 0 saturated heterocycles. The molecule has 0 aliphatic carbocycles. The van der Waals surface area contributed by atoms with Gasteiger partial charge in [-0.15, -0.1) is 0 Å². The van der Waals surface area contributed by atoms with E-state index in [1.54, 1.807) is 0 Å². The minimum absolute atomic E-state index is 0. The van der Waals surface area contributed by atoms with Crippen molar-refractivity contribution in [2.75, 3.05) is 0 Å². The van der Waals surface area contributed by atoms with Gasteiger partial charge in [-0.05, 0) is 0 Å². The first kappa shape index (κ1) is 13.1. The van der Waals surface area contributed by atoms with Gasteiger partial charge in [0.15, 0.2) is 0 Å². The largest absolute Gasteiger partial charge is 0.214 e. The monoisotopic (exact) mass is 526 g/mol. The van der Waals surface area contributed by atoms with Gasteiger partial charge in [0.05, 0.1) is 0 Å². The average molecular weight is 524 g/mol. The van der Waals surface area contributed by atoms with Crippen molar-refractivity contribution in [2.45, 2.75) is 0 Å². The smallest absolute Gasteiger partial charge is 0.172 e. The predicted octanol–water partition coefficient (Wildman–Crippen LogP) is 3.62. The molecule has 0 bridgehead atoms. The van der Waals surface area contributed by atoms with Crippen LogP contribution < -0.4 is 0 Å². The van der Waals surface area contributed by atoms with E-state index in [1.165, 1.54) is 0 Å². The summed E-state index contributed by atoms with van der Waals surface area (Å²) in [4.78, 5) is 0. The van der Waals surface area contributed by atoms with Crippen LogP contribution in [0.25, 0.3) is 0 Å². The first-order valence-corrected chi connectivity index (χ1v) is 16.3. The second-order valence-electron chi connectivity index (χ2n) is 1.01. The Labute approximate surface area is 86.2 Å². The van der Waals surface area contributed by atoms with Gasteiger partial charge in [-0.3, -0.25) is 0 Å². The maximum Gasteiger partial charge on any atom is -0.172 e. The van der Waals surface area contributed by atoms with Gasteiger partial charge < -0.3 is 7.43 Å². The van der Waals surface area contributed by atoms with Crippen LogP contribution in [0.4, 0.5) is 0 Å². The fraction of sp³-hybridized carbons (Fsp3) is 0. The van der Waals surface area contributed by atoms with Crippen molar-refractivity contribution < 1.29 is 10.3 Å². The molecule has 1 aromatic rings. The van der Waals surface area contributed by atoms with Crippen molar-refractivity contribution in [2.24, 2.45) is 0 Å². The Morgan fingerprint density at radius 3 is 1.56 bits per heavy atom. The molecule has 0 heterocycles. The first-order valence-electron chi connectivity index (χ1n) is 1.93. The summed E-state index contributed by atoms with van der Waals surface area (Å²) in [5.74, 6) is 0. The molecule has 9 heavy (non-hydrogen) atoms. The Balaban J connectivity index is 0. The second kappa shape index (κ2) is 12.2. The van der Waals surface area contributed by atoms with E-state index in [2.05, 4.69) is 39.3 Å². The van der Waals surface area contributed by atoms with E-state index in [4.69, 9.17) is 0 Å². The van der Waals surface area contributed by atoms with E-state index in [1.807, 2.05) is 30.3 Å². The van der Waals surface area contributed by atoms with E-state index < -0.39 is 0 Å². The Morgan fingerprint density at radius 1 is 1.11 bits per heavy atom. The summed E-state index contributed by atoms with van der Waals surface area (Å²) in [6.07, 6.45) is 0. The molecule has 3 heteroatoms. The molecule has 0 nitrogen and oxygen atoms in total. The van der Waals surface area contributed by atoms with Gasteiger partial charge >= 0.3 is 49.7 Å². The molecule has 0 amide bonds. The summed E-state index contributed by atoms with van der Waals surface area (Å²) in [6.45, 7) is 0. The third kappa shape index (κ3) is 12.6. The van der Waals surface area contributed by atoms with E-state index >= 15 is 0 Å². The summed E-state index contributed by atoms with van der Waals surface area (Å²) in [7, 11) is 0.357. The van der Waals surface area contributed by atoms with Gasteiger partial charge in [-0.2, -0.15) is 18.2 Å². The summed E-state index contributed by atoms with van der Waals surface area (Å²) in [6, 6.07) is 10.0. The predicted molar refractivity (Wildman–Crippen MR) is 56.5 cm³/mol. The van der Waals surface area contributed by atoms with Crippen molar-refractivity contribution in [3.05, 3.63) is 37.8 Å². The normalized spacial score (nSPS) is 6.89. The molecule has 1 rings (SSSR count). The van der Waals surface area contributed by atoms with Crippen LogP contribution in [-0.2, 0) is 10.3 Å². The van der Waals surface area contributed by atoms with E-state index in [9.17, 15) is 0 Å². The zero-order chi connectivity index (χ0) is 6.24. The molecule has 56 valence electrons. The standard InChI is InChI=1S/C5H5.CH3.2HI.Os/c1-2-4-5-3-1;;;;/h1-5H;1H3;2*1H;/q2*-1;;;+2/p-2. The van der Waals surface area contributed by atoms with Crippen LogP contribution in [0.15, 0.2) is 30.3 Å². The van der Waals surface area contributed by atoms with Crippen LogP contribution in [0.1, 0.15) is 0 Å². The summed E-state index contributed by atoms with van der Waals surface area (Å²) in [5.41, 5.74) is 0. The molecule has 0 aromatic heterocycles. The van der Waals surface area contributed by atoms with Gasteiger partial charge in [-0.1, -0.05) is 0 Å². The number of halogens is 2. The minimum Gasteiger partial charge on any atom is -0.214 e. The maximum absolute atomic E-state index is 2.41. The van der Waals surface area contributed by atoms with E-state index in [0.29, 0.717) is 10.3 Å². The van der Waals surface area contributed by atoms with Gasteiger partial charge in [0.25, 0.3) is 0 Å². The SMILES string of the molecule is [CH3-].[I][Os][I].c1cc[cH-]c1. The van der Waals surface area contributed by atoms with Gasteiger partial charge in [0, 0.05) is 0 Å². The Hall–Kier alpha value is 1.45. The van der Waals surface area contributed by atoms with Crippen LogP contribution in [-0.4, -0.2) is 0 Å². The quantitative estimate of drug-likeness (QED) is 0.360. The third-order valence-corrected chi connectivity index (χ3v) is 0.556. The fourth-order valence-electron chi connectivity index (χ4n) is 0.321. The van der Waals surface area contributed by atoms with Crippen molar-refractivity contribution in [1.82, 2.24) is 0 Å². The molecule has 0 fully saturated rings. The van der Waals surface area contributed by atoms with Crippen LogP contribution in [0.3, 0.4) is 0 Å². The molecule has 0 atom stereocenters. The van der Waals surface area contributed by atoms with Gasteiger partial charge in [0.1, 0.15) is 0 Å². The van der Waals surface area contributed by atoms with Crippen molar-refractivity contribution in [3.63, 3.8) is 0 Å². The third-order valence-electron chi connectivity index (χ3n) is 0.556. The molecular formula is C6H8I2Os-2. The van der Waals surface area contributed by atoms with Crippen LogP contribution in [0, 0.1) is 7.43 Å². The number of hydrogen-bond acceptors (Lipinski definition) is 0. The number of hydrogen-bond donors (Lipinski definition) is 0. The molecule has 0 aliphatic heterocycles. The Bertz CT molecular complexity index is 78.0. The Morgan fingerprint density at radius 2 is 1.44 bits per heavy atom. The molecule has 0 aliphatic rings. The zero-order valence-corrected chi connectivity index (χ0v) is 11.9. The topological polar surface area (TPSA) is 0 Å². The zero-order valence-electron chi connectivity index (χ0n) is 5.00. The summed E-state index contributed by atoms with van der Waals surface area (Å²) < 4.78 is 0. The van der Waals surface area contributed by atoms with Crippen molar-refractivity contribution >= 4 is 39.3 Å². The molecule has 0 spiro atoms. The second-order valence-corrected chi connectivity index (χ2v) is 19.6. The molecule has 0 radical (unpaired) electrons. The van der Waals surface area contributed by atoms with Crippen LogP contribution >= 0.6 is 39.3 Å². The molecule has 0 saturated carbocycles.